The van der Waals surface area contributed by atoms with Crippen LogP contribution in [0.5, 0.6) is 0 Å². The van der Waals surface area contributed by atoms with Gasteiger partial charge in [-0.1, -0.05) is 0 Å². The van der Waals surface area contributed by atoms with E-state index in [2.05, 4.69) is 4.98 Å². The lowest BCUT2D eigenvalue weighted by Gasteiger charge is -2.68. The average Bonchev–Trinajstić information content (AvgIpc) is 1.97. The number of pyridine rings is 1. The molecule has 4 rings (SSSR count). The maximum absolute atomic E-state index is 11.1. The quantitative estimate of drug-likeness (QED) is 0.753. The fourth-order valence-corrected chi connectivity index (χ4v) is 3.10. The first kappa shape index (κ1) is 8.71. The highest BCUT2D eigenvalue weighted by Crippen LogP contribution is 2.73. The molecule has 1 aromatic rings. The Bertz CT molecular complexity index is 483. The van der Waals surface area contributed by atoms with Crippen molar-refractivity contribution in [1.29, 1.82) is 0 Å². The van der Waals surface area contributed by atoms with Crippen molar-refractivity contribution in [3.8, 4) is 0 Å². The number of hydrogen-bond donors (Lipinski definition) is 2. The molecule has 3 saturated carbocycles. The molecule has 3 fully saturated rings. The number of aliphatic carboxylic acids is 1. The number of carboxylic acids is 1. The van der Waals surface area contributed by atoms with Crippen molar-refractivity contribution in [2.24, 2.45) is 5.41 Å². The van der Waals surface area contributed by atoms with Crippen LogP contribution in [0.25, 0.3) is 0 Å². The first-order chi connectivity index (χ1) is 7.06. The normalized spacial score (nSPS) is 36.5. The Labute approximate surface area is 85.9 Å². The van der Waals surface area contributed by atoms with Crippen molar-refractivity contribution in [1.82, 2.24) is 4.98 Å². The molecule has 3 aliphatic carbocycles. The summed E-state index contributed by atoms with van der Waals surface area (Å²) in [6.07, 6.45) is 3.71. The predicted octanol–water partition coefficient (Wildman–Crippen LogP) is 0.881. The minimum absolute atomic E-state index is 0.00729. The number of aromatic nitrogens is 1. The fraction of sp³-hybridized carbons (Fsp3) is 0.455. The molecule has 0 aromatic carbocycles. The summed E-state index contributed by atoms with van der Waals surface area (Å²) in [6, 6.07) is 3.47. The second kappa shape index (κ2) is 2.32. The van der Waals surface area contributed by atoms with Crippen LogP contribution < -0.4 is 5.56 Å². The van der Waals surface area contributed by atoms with Gasteiger partial charge in [-0.3, -0.25) is 9.59 Å². The van der Waals surface area contributed by atoms with Gasteiger partial charge < -0.3 is 10.1 Å². The second-order valence-corrected chi connectivity index (χ2v) is 4.84. The zero-order valence-corrected chi connectivity index (χ0v) is 8.12. The van der Waals surface area contributed by atoms with Crippen LogP contribution in [0, 0.1) is 5.41 Å². The van der Waals surface area contributed by atoms with Gasteiger partial charge in [0.2, 0.25) is 5.56 Å². The molecule has 0 saturated heterocycles. The smallest absolute Gasteiger partial charge is 0.309 e. The lowest BCUT2D eigenvalue weighted by atomic mass is 9.33. The van der Waals surface area contributed by atoms with Crippen LogP contribution in [0.3, 0.4) is 0 Å². The molecule has 1 aromatic heterocycles. The Morgan fingerprint density at radius 3 is 2.60 bits per heavy atom. The third-order valence-corrected chi connectivity index (χ3v) is 3.87. The summed E-state index contributed by atoms with van der Waals surface area (Å²) in [5, 5.41) is 8.98. The largest absolute Gasteiger partial charge is 0.481 e. The maximum Gasteiger partial charge on any atom is 0.309 e. The zero-order valence-electron chi connectivity index (χ0n) is 8.12. The van der Waals surface area contributed by atoms with Crippen molar-refractivity contribution < 1.29 is 9.90 Å². The van der Waals surface area contributed by atoms with Crippen molar-refractivity contribution >= 4 is 5.97 Å². The van der Waals surface area contributed by atoms with Crippen molar-refractivity contribution in [2.45, 2.75) is 24.7 Å². The Hall–Kier alpha value is -1.58. The van der Waals surface area contributed by atoms with Crippen molar-refractivity contribution in [2.75, 3.05) is 0 Å². The van der Waals surface area contributed by atoms with Gasteiger partial charge in [-0.2, -0.15) is 0 Å². The highest BCUT2D eigenvalue weighted by atomic mass is 16.4. The van der Waals surface area contributed by atoms with Crippen LogP contribution in [0.15, 0.2) is 23.1 Å². The zero-order chi connectivity index (χ0) is 10.7. The number of hydrogen-bond acceptors (Lipinski definition) is 2. The molecule has 4 heteroatoms. The molecule has 0 radical (unpaired) electrons. The van der Waals surface area contributed by atoms with Gasteiger partial charge in [0.25, 0.3) is 0 Å². The Morgan fingerprint density at radius 2 is 2.07 bits per heavy atom. The van der Waals surface area contributed by atoms with Crippen LogP contribution in [0.4, 0.5) is 0 Å². The van der Waals surface area contributed by atoms with E-state index < -0.39 is 11.4 Å². The summed E-state index contributed by atoms with van der Waals surface area (Å²) in [5.74, 6) is -0.686. The molecule has 78 valence electrons. The monoisotopic (exact) mass is 205 g/mol. The molecule has 4 nitrogen and oxygen atoms in total. The molecule has 2 bridgehead atoms. The molecule has 1 heterocycles. The van der Waals surface area contributed by atoms with Gasteiger partial charge in [0, 0.05) is 12.3 Å². The number of carboxylic acid groups (broad SMARTS) is 1. The van der Waals surface area contributed by atoms with E-state index in [0.717, 1.165) is 5.56 Å². The molecule has 0 unspecified atom stereocenters. The van der Waals surface area contributed by atoms with E-state index >= 15 is 0 Å². The number of rotatable bonds is 2. The maximum atomic E-state index is 11.1. The van der Waals surface area contributed by atoms with Crippen LogP contribution in [0.2, 0.25) is 0 Å². The predicted molar refractivity (Wildman–Crippen MR) is 52.7 cm³/mol. The second-order valence-electron chi connectivity index (χ2n) is 4.84. The summed E-state index contributed by atoms with van der Waals surface area (Å²) >= 11 is 0. The minimum atomic E-state index is -0.686. The highest BCUT2D eigenvalue weighted by molar-refractivity contribution is 5.80. The number of H-pyrrole nitrogens is 1. The molecule has 0 amide bonds. The van der Waals surface area contributed by atoms with Gasteiger partial charge >= 0.3 is 5.97 Å². The molecular formula is C11H11NO3. The minimum Gasteiger partial charge on any atom is -0.481 e. The lowest BCUT2D eigenvalue weighted by molar-refractivity contribution is -0.194. The van der Waals surface area contributed by atoms with E-state index in [9.17, 15) is 9.59 Å². The summed E-state index contributed by atoms with van der Waals surface area (Å²) in [7, 11) is 0. The Morgan fingerprint density at radius 1 is 1.40 bits per heavy atom. The van der Waals surface area contributed by atoms with Gasteiger partial charge in [-0.25, -0.2) is 0 Å². The van der Waals surface area contributed by atoms with Crippen LogP contribution in [-0.2, 0) is 10.2 Å². The van der Waals surface area contributed by atoms with E-state index in [1.54, 1.807) is 12.3 Å². The molecule has 3 aliphatic rings. The standard InChI is InChI=1S/C11H11NO3/c13-8-3-7(1-2-12-8)10-4-11(5-10,6-10)9(14)15/h1-3H,4-6H2,(H,12,13)(H,14,15). The van der Waals surface area contributed by atoms with E-state index in [1.165, 1.54) is 0 Å². The Kier molecular flexibility index (Phi) is 1.35. The fourth-order valence-electron chi connectivity index (χ4n) is 3.10. The topological polar surface area (TPSA) is 70.2 Å². The van der Waals surface area contributed by atoms with Crippen molar-refractivity contribution in [3.05, 3.63) is 34.2 Å². The molecule has 0 spiro atoms. The van der Waals surface area contributed by atoms with E-state index in [-0.39, 0.29) is 11.0 Å². The third-order valence-electron chi connectivity index (χ3n) is 3.87. The van der Waals surface area contributed by atoms with E-state index in [4.69, 9.17) is 5.11 Å². The molecule has 15 heavy (non-hydrogen) atoms. The summed E-state index contributed by atoms with van der Waals surface area (Å²) in [5.41, 5.74) is 0.408. The van der Waals surface area contributed by atoms with E-state index in [1.807, 2.05) is 6.07 Å². The number of aromatic amines is 1. The molecular weight excluding hydrogens is 194 g/mol. The lowest BCUT2D eigenvalue weighted by Crippen LogP contribution is -2.68. The number of carbonyl (C=O) groups is 1. The summed E-state index contributed by atoms with van der Waals surface area (Å²) in [4.78, 5) is 24.6. The van der Waals surface area contributed by atoms with Gasteiger partial charge in [-0.15, -0.1) is 0 Å². The van der Waals surface area contributed by atoms with Crippen LogP contribution >= 0.6 is 0 Å². The van der Waals surface area contributed by atoms with E-state index in [0.29, 0.717) is 19.3 Å². The number of nitrogens with one attached hydrogen (secondary N) is 1. The first-order valence-corrected chi connectivity index (χ1v) is 4.99. The third kappa shape index (κ3) is 0.914. The van der Waals surface area contributed by atoms with Crippen LogP contribution in [-0.4, -0.2) is 16.1 Å². The first-order valence-electron chi connectivity index (χ1n) is 4.99. The summed E-state index contributed by atoms with van der Waals surface area (Å²) in [6.45, 7) is 0. The molecule has 2 N–H and O–H groups in total. The van der Waals surface area contributed by atoms with Gasteiger partial charge in [-0.05, 0) is 36.3 Å². The SMILES string of the molecule is O=C(O)C12CC(c3cc[nH]c(=O)c3)(C1)C2. The summed E-state index contributed by atoms with van der Waals surface area (Å²) < 4.78 is 0. The van der Waals surface area contributed by atoms with Gasteiger partial charge in [0.1, 0.15) is 0 Å². The van der Waals surface area contributed by atoms with Gasteiger partial charge in [0.15, 0.2) is 0 Å². The van der Waals surface area contributed by atoms with Crippen molar-refractivity contribution in [3.63, 3.8) is 0 Å². The van der Waals surface area contributed by atoms with Gasteiger partial charge in [0.05, 0.1) is 5.41 Å². The molecule has 0 aliphatic heterocycles. The molecule has 0 atom stereocenters. The average molecular weight is 205 g/mol. The van der Waals surface area contributed by atoms with Crippen LogP contribution in [0.1, 0.15) is 24.8 Å². The highest BCUT2D eigenvalue weighted by Gasteiger charge is 2.72. The Balaban J connectivity index is 1.90.